The van der Waals surface area contributed by atoms with Gasteiger partial charge in [0.2, 0.25) is 5.95 Å². The van der Waals surface area contributed by atoms with E-state index in [0.29, 0.717) is 31.0 Å². The highest BCUT2D eigenvalue weighted by atomic mass is 19.1. The van der Waals surface area contributed by atoms with Crippen LogP contribution in [0.15, 0.2) is 61.2 Å². The van der Waals surface area contributed by atoms with Gasteiger partial charge in [-0.3, -0.25) is 4.79 Å². The van der Waals surface area contributed by atoms with Crippen molar-refractivity contribution in [2.75, 3.05) is 24.5 Å². The summed E-state index contributed by atoms with van der Waals surface area (Å²) < 4.78 is 15.4. The van der Waals surface area contributed by atoms with Crippen LogP contribution < -0.4 is 4.90 Å². The Hall–Kier alpha value is -3.22. The van der Waals surface area contributed by atoms with Crippen molar-refractivity contribution in [3.8, 4) is 0 Å². The van der Waals surface area contributed by atoms with Gasteiger partial charge in [-0.15, -0.1) is 0 Å². The summed E-state index contributed by atoms with van der Waals surface area (Å²) in [4.78, 5) is 24.8. The van der Waals surface area contributed by atoms with Crippen molar-refractivity contribution in [2.24, 2.45) is 0 Å². The Labute approximate surface area is 163 Å². The van der Waals surface area contributed by atoms with E-state index in [1.54, 1.807) is 24.7 Å². The van der Waals surface area contributed by atoms with Crippen LogP contribution in [-0.4, -0.2) is 51.0 Å². The Morgan fingerprint density at radius 2 is 2.00 bits per heavy atom. The molecule has 144 valence electrons. The van der Waals surface area contributed by atoms with E-state index in [2.05, 4.69) is 9.97 Å². The Morgan fingerprint density at radius 3 is 2.68 bits per heavy atom. The number of carbonyl (C=O) groups is 1. The molecular formula is C21H22FN5O. The number of benzene rings is 1. The lowest BCUT2D eigenvalue weighted by Crippen LogP contribution is -2.54. The molecule has 3 heterocycles. The molecule has 1 saturated heterocycles. The first-order valence-electron chi connectivity index (χ1n) is 9.33. The molecule has 2 aromatic heterocycles. The highest BCUT2D eigenvalue weighted by Gasteiger charge is 2.28. The van der Waals surface area contributed by atoms with Crippen LogP contribution in [0.3, 0.4) is 0 Å². The van der Waals surface area contributed by atoms with Crippen molar-refractivity contribution in [3.05, 3.63) is 78.3 Å². The van der Waals surface area contributed by atoms with E-state index in [1.807, 2.05) is 51.8 Å². The van der Waals surface area contributed by atoms with Crippen LogP contribution in [0.4, 0.5) is 10.2 Å². The lowest BCUT2D eigenvalue weighted by Gasteiger charge is -2.40. The summed E-state index contributed by atoms with van der Waals surface area (Å²) in [5.41, 5.74) is 1.80. The molecule has 7 heteroatoms. The van der Waals surface area contributed by atoms with Crippen LogP contribution in [-0.2, 0) is 6.54 Å². The molecule has 1 aliphatic heterocycles. The van der Waals surface area contributed by atoms with Gasteiger partial charge in [0.1, 0.15) is 5.82 Å². The molecule has 3 aromatic rings. The predicted octanol–water partition coefficient (Wildman–Crippen LogP) is 2.82. The zero-order valence-corrected chi connectivity index (χ0v) is 15.7. The van der Waals surface area contributed by atoms with Crippen molar-refractivity contribution in [3.63, 3.8) is 0 Å². The molecule has 0 radical (unpaired) electrons. The van der Waals surface area contributed by atoms with E-state index in [0.717, 1.165) is 12.1 Å². The molecule has 4 rings (SSSR count). The third kappa shape index (κ3) is 3.88. The smallest absolute Gasteiger partial charge is 0.253 e. The first-order chi connectivity index (χ1) is 13.6. The fourth-order valence-electron chi connectivity index (χ4n) is 3.57. The Balaban J connectivity index is 1.40. The van der Waals surface area contributed by atoms with Crippen LogP contribution in [0.25, 0.3) is 0 Å². The molecule has 28 heavy (non-hydrogen) atoms. The largest absolute Gasteiger partial charge is 0.350 e. The maximum Gasteiger partial charge on any atom is 0.253 e. The fraction of sp³-hybridized carbons (Fsp3) is 0.286. The van der Waals surface area contributed by atoms with Crippen LogP contribution in [0.2, 0.25) is 0 Å². The molecule has 6 nitrogen and oxygen atoms in total. The zero-order chi connectivity index (χ0) is 19.5. The minimum absolute atomic E-state index is 0.0212. The quantitative estimate of drug-likeness (QED) is 0.654. The summed E-state index contributed by atoms with van der Waals surface area (Å²) in [6.45, 7) is 4.54. The number of halogens is 1. The van der Waals surface area contributed by atoms with Gasteiger partial charge in [0, 0.05) is 50.2 Å². The van der Waals surface area contributed by atoms with Crippen molar-refractivity contribution in [1.82, 2.24) is 19.4 Å². The number of pyridine rings is 1. The lowest BCUT2D eigenvalue weighted by molar-refractivity contribution is 0.0726. The van der Waals surface area contributed by atoms with Gasteiger partial charge in [0.15, 0.2) is 0 Å². The molecule has 1 aromatic carbocycles. The van der Waals surface area contributed by atoms with Crippen molar-refractivity contribution in [1.29, 1.82) is 0 Å². The highest BCUT2D eigenvalue weighted by molar-refractivity contribution is 5.94. The number of anilines is 1. The minimum Gasteiger partial charge on any atom is -0.350 e. The number of hydrogen-bond acceptors (Lipinski definition) is 4. The molecule has 1 aliphatic rings. The molecule has 0 bridgehead atoms. The Kier molecular flexibility index (Phi) is 5.06. The van der Waals surface area contributed by atoms with Gasteiger partial charge in [-0.05, 0) is 36.8 Å². The summed E-state index contributed by atoms with van der Waals surface area (Å²) in [6, 6.07) is 12.6. The van der Waals surface area contributed by atoms with E-state index >= 15 is 0 Å². The standard InChI is InChI=1S/C21H22FN5O/c1-16-13-26(11-12-27(16)20-4-2-3-19(22)24-20)21(28)18-7-5-17(6-8-18)14-25-10-9-23-15-25/h2-10,15-16H,11-14H2,1H3. The van der Waals surface area contributed by atoms with Crippen LogP contribution >= 0.6 is 0 Å². The van der Waals surface area contributed by atoms with Crippen LogP contribution in [0, 0.1) is 5.95 Å². The first-order valence-corrected chi connectivity index (χ1v) is 9.33. The number of imidazole rings is 1. The maximum atomic E-state index is 13.4. The molecule has 0 saturated carbocycles. The van der Waals surface area contributed by atoms with E-state index in [9.17, 15) is 9.18 Å². The maximum absolute atomic E-state index is 13.4. The first kappa shape index (κ1) is 18.2. The number of hydrogen-bond donors (Lipinski definition) is 0. The number of amides is 1. The summed E-state index contributed by atoms with van der Waals surface area (Å²) in [7, 11) is 0. The average Bonchev–Trinajstić information content (AvgIpc) is 3.21. The van der Waals surface area contributed by atoms with E-state index in [4.69, 9.17) is 0 Å². The van der Waals surface area contributed by atoms with Gasteiger partial charge in [-0.1, -0.05) is 18.2 Å². The number of carbonyl (C=O) groups excluding carboxylic acids is 1. The molecule has 1 fully saturated rings. The average molecular weight is 379 g/mol. The summed E-state index contributed by atoms with van der Waals surface area (Å²) in [5.74, 6) is 0.148. The number of rotatable bonds is 4. The monoisotopic (exact) mass is 379 g/mol. The number of nitrogens with zero attached hydrogens (tertiary/aromatic N) is 5. The van der Waals surface area contributed by atoms with Gasteiger partial charge in [0.25, 0.3) is 5.91 Å². The third-order valence-corrected chi connectivity index (χ3v) is 5.03. The molecule has 0 N–H and O–H groups in total. The van der Waals surface area contributed by atoms with Gasteiger partial charge < -0.3 is 14.4 Å². The molecule has 0 aliphatic carbocycles. The second-order valence-electron chi connectivity index (χ2n) is 7.04. The van der Waals surface area contributed by atoms with Gasteiger partial charge in [-0.2, -0.15) is 4.39 Å². The highest BCUT2D eigenvalue weighted by Crippen LogP contribution is 2.20. The molecular weight excluding hydrogens is 357 g/mol. The second kappa shape index (κ2) is 7.80. The predicted molar refractivity (Wildman–Crippen MR) is 105 cm³/mol. The molecule has 1 amide bonds. The summed E-state index contributed by atoms with van der Waals surface area (Å²) in [6.07, 6.45) is 5.43. The minimum atomic E-state index is -0.487. The molecule has 1 unspecified atom stereocenters. The van der Waals surface area contributed by atoms with Gasteiger partial charge in [-0.25, -0.2) is 9.97 Å². The van der Waals surface area contributed by atoms with E-state index < -0.39 is 5.95 Å². The van der Waals surface area contributed by atoms with Gasteiger partial charge >= 0.3 is 0 Å². The van der Waals surface area contributed by atoms with E-state index in [1.165, 1.54) is 6.07 Å². The SMILES string of the molecule is CC1CN(C(=O)c2ccc(Cn3ccnc3)cc2)CCN1c1cccc(F)n1. The lowest BCUT2D eigenvalue weighted by atomic mass is 10.1. The zero-order valence-electron chi connectivity index (χ0n) is 15.7. The third-order valence-electron chi connectivity index (χ3n) is 5.03. The summed E-state index contributed by atoms with van der Waals surface area (Å²) in [5, 5.41) is 0. The van der Waals surface area contributed by atoms with E-state index in [-0.39, 0.29) is 11.9 Å². The molecule has 1 atom stereocenters. The normalized spacial score (nSPS) is 17.0. The molecule has 0 spiro atoms. The van der Waals surface area contributed by atoms with Crippen molar-refractivity contribution < 1.29 is 9.18 Å². The Bertz CT molecular complexity index is 942. The Morgan fingerprint density at radius 1 is 1.18 bits per heavy atom. The second-order valence-corrected chi connectivity index (χ2v) is 7.04. The fourth-order valence-corrected chi connectivity index (χ4v) is 3.57. The summed E-state index contributed by atoms with van der Waals surface area (Å²) >= 11 is 0. The number of aromatic nitrogens is 3. The van der Waals surface area contributed by atoms with Crippen molar-refractivity contribution in [2.45, 2.75) is 19.5 Å². The van der Waals surface area contributed by atoms with Crippen molar-refractivity contribution >= 4 is 11.7 Å². The van der Waals surface area contributed by atoms with Crippen LogP contribution in [0.1, 0.15) is 22.8 Å². The number of piperazine rings is 1. The van der Waals surface area contributed by atoms with Crippen LogP contribution in [0.5, 0.6) is 0 Å². The topological polar surface area (TPSA) is 54.3 Å². The van der Waals surface area contributed by atoms with Gasteiger partial charge in [0.05, 0.1) is 6.33 Å².